The molecule has 6 N–H and O–H groups in total. The summed E-state index contributed by atoms with van der Waals surface area (Å²) in [5, 5.41) is 5.77. The third-order valence-electron chi connectivity index (χ3n) is 5.48. The van der Waals surface area contributed by atoms with Gasteiger partial charge in [0.1, 0.15) is 24.0 Å². The molecule has 13 heteroatoms. The first-order valence-corrected chi connectivity index (χ1v) is 12.6. The maximum atomic E-state index is 13.7. The summed E-state index contributed by atoms with van der Waals surface area (Å²) in [6.45, 7) is 5.71. The number of benzene rings is 1. The highest BCUT2D eigenvalue weighted by Crippen LogP contribution is 2.29. The van der Waals surface area contributed by atoms with Crippen molar-refractivity contribution in [3.05, 3.63) is 33.8 Å². The van der Waals surface area contributed by atoms with Crippen molar-refractivity contribution in [3.63, 3.8) is 0 Å². The second-order valence-corrected chi connectivity index (χ2v) is 10.5. The van der Waals surface area contributed by atoms with Crippen molar-refractivity contribution in [1.29, 1.82) is 0 Å². The van der Waals surface area contributed by atoms with Crippen molar-refractivity contribution in [2.75, 3.05) is 13.1 Å². The first-order valence-electron chi connectivity index (χ1n) is 11.9. The standard InChI is InChI=1S/C24H34Cl2N6O5/c1-24(2,3)37-23(36)31-19(14-8-9-16(25)17(26)12-14)21(35)32-11-5-7-18(32)20(34)30-15(13-33)6-4-10-29-22(27)28/h8-9,12-13,15,18-19H,4-7,10-11H2,1-3H3,(H,30,34)(H,31,36)(H4,27,28,29)/t15-,18-,19?/m0/s1. The van der Waals surface area contributed by atoms with E-state index in [1.54, 1.807) is 26.8 Å². The number of nitrogens with two attached hydrogens (primary N) is 2. The lowest BCUT2D eigenvalue weighted by atomic mass is 10.0. The Hall–Kier alpha value is -3.05. The molecule has 1 unspecified atom stereocenters. The van der Waals surface area contributed by atoms with Crippen LogP contribution in [0.15, 0.2) is 23.2 Å². The van der Waals surface area contributed by atoms with Gasteiger partial charge in [0.15, 0.2) is 5.96 Å². The zero-order chi connectivity index (χ0) is 27.8. The number of amides is 3. The average molecular weight is 557 g/mol. The number of hydrogen-bond donors (Lipinski definition) is 4. The van der Waals surface area contributed by atoms with Gasteiger partial charge in [0.25, 0.3) is 5.91 Å². The van der Waals surface area contributed by atoms with E-state index in [4.69, 9.17) is 39.4 Å². The Bertz CT molecular complexity index is 1030. The molecule has 1 aliphatic heterocycles. The highest BCUT2D eigenvalue weighted by molar-refractivity contribution is 6.42. The number of carbonyl (C=O) groups is 4. The van der Waals surface area contributed by atoms with E-state index < -0.39 is 41.6 Å². The molecule has 1 fully saturated rings. The van der Waals surface area contributed by atoms with Crippen LogP contribution >= 0.6 is 23.2 Å². The third kappa shape index (κ3) is 9.40. The normalized spacial score (nSPS) is 16.9. The molecule has 0 radical (unpaired) electrons. The molecular weight excluding hydrogens is 523 g/mol. The van der Waals surface area contributed by atoms with E-state index in [-0.39, 0.29) is 16.0 Å². The second-order valence-electron chi connectivity index (χ2n) is 9.64. The van der Waals surface area contributed by atoms with E-state index in [1.807, 2.05) is 0 Å². The van der Waals surface area contributed by atoms with Gasteiger partial charge in [-0.05, 0) is 64.2 Å². The third-order valence-corrected chi connectivity index (χ3v) is 6.22. The first kappa shape index (κ1) is 30.2. The van der Waals surface area contributed by atoms with Crippen LogP contribution in [0.25, 0.3) is 0 Å². The summed E-state index contributed by atoms with van der Waals surface area (Å²) >= 11 is 12.2. The highest BCUT2D eigenvalue weighted by Gasteiger charge is 2.39. The minimum absolute atomic E-state index is 0.0525. The zero-order valence-electron chi connectivity index (χ0n) is 21.1. The number of alkyl carbamates (subject to hydrolysis) is 1. The number of guanidine groups is 1. The van der Waals surface area contributed by atoms with Crippen LogP contribution in [0.4, 0.5) is 4.79 Å². The van der Waals surface area contributed by atoms with Crippen LogP contribution in [0, 0.1) is 0 Å². The van der Waals surface area contributed by atoms with E-state index in [0.717, 1.165) is 0 Å². The summed E-state index contributed by atoms with van der Waals surface area (Å²) in [4.78, 5) is 56.1. The van der Waals surface area contributed by atoms with Gasteiger partial charge in [0, 0.05) is 13.1 Å². The van der Waals surface area contributed by atoms with E-state index in [2.05, 4.69) is 15.6 Å². The number of hydrogen-bond acceptors (Lipinski definition) is 6. The molecule has 0 spiro atoms. The fraction of sp³-hybridized carbons (Fsp3) is 0.542. The van der Waals surface area contributed by atoms with Crippen molar-refractivity contribution >= 4 is 53.4 Å². The topological polar surface area (TPSA) is 169 Å². The molecule has 1 aliphatic rings. The minimum Gasteiger partial charge on any atom is -0.444 e. The molecule has 37 heavy (non-hydrogen) atoms. The summed E-state index contributed by atoms with van der Waals surface area (Å²) in [6, 6.07) is 1.80. The fourth-order valence-corrected chi connectivity index (χ4v) is 4.15. The summed E-state index contributed by atoms with van der Waals surface area (Å²) in [5.41, 5.74) is 10.2. The monoisotopic (exact) mass is 556 g/mol. The Morgan fingerprint density at radius 2 is 1.92 bits per heavy atom. The van der Waals surface area contributed by atoms with Crippen LogP contribution in [-0.4, -0.2) is 65.8 Å². The highest BCUT2D eigenvalue weighted by atomic mass is 35.5. The molecule has 2 rings (SSSR count). The Balaban J connectivity index is 2.20. The summed E-state index contributed by atoms with van der Waals surface area (Å²) in [7, 11) is 0. The largest absolute Gasteiger partial charge is 0.444 e. The predicted octanol–water partition coefficient (Wildman–Crippen LogP) is 2.29. The van der Waals surface area contributed by atoms with E-state index >= 15 is 0 Å². The number of rotatable bonds is 10. The molecule has 1 aromatic rings. The number of likely N-dealkylation sites (tertiary alicyclic amines) is 1. The molecule has 3 amide bonds. The lowest BCUT2D eigenvalue weighted by Crippen LogP contribution is -2.52. The zero-order valence-corrected chi connectivity index (χ0v) is 22.6. The van der Waals surface area contributed by atoms with Gasteiger partial charge in [-0.15, -0.1) is 0 Å². The lowest BCUT2D eigenvalue weighted by molar-refractivity contribution is -0.140. The van der Waals surface area contributed by atoms with Gasteiger partial charge in [-0.2, -0.15) is 0 Å². The van der Waals surface area contributed by atoms with Gasteiger partial charge in [0.2, 0.25) is 5.91 Å². The number of carbonyl (C=O) groups excluding carboxylic acids is 4. The molecule has 0 aromatic heterocycles. The molecule has 0 aliphatic carbocycles. The summed E-state index contributed by atoms with van der Waals surface area (Å²) in [5.74, 6) is -1.03. The van der Waals surface area contributed by atoms with Crippen LogP contribution in [0.3, 0.4) is 0 Å². The first-order chi connectivity index (χ1) is 17.3. The van der Waals surface area contributed by atoms with Crippen molar-refractivity contribution in [2.45, 2.75) is 70.2 Å². The van der Waals surface area contributed by atoms with Crippen LogP contribution in [0.2, 0.25) is 10.0 Å². The van der Waals surface area contributed by atoms with Gasteiger partial charge >= 0.3 is 6.09 Å². The Kier molecular flexibility index (Phi) is 11.0. The maximum Gasteiger partial charge on any atom is 0.408 e. The quantitative estimate of drug-likeness (QED) is 0.148. The number of ether oxygens (including phenoxy) is 1. The van der Waals surface area contributed by atoms with Crippen molar-refractivity contribution in [1.82, 2.24) is 15.5 Å². The van der Waals surface area contributed by atoms with Crippen LogP contribution in [0.5, 0.6) is 0 Å². The second kappa shape index (κ2) is 13.5. The van der Waals surface area contributed by atoms with Crippen molar-refractivity contribution in [3.8, 4) is 0 Å². The van der Waals surface area contributed by atoms with E-state index in [9.17, 15) is 19.2 Å². The van der Waals surface area contributed by atoms with Gasteiger partial charge < -0.3 is 36.5 Å². The average Bonchev–Trinajstić information content (AvgIpc) is 3.29. The minimum atomic E-state index is -1.18. The summed E-state index contributed by atoms with van der Waals surface area (Å²) < 4.78 is 5.34. The molecule has 204 valence electrons. The molecule has 1 saturated heterocycles. The Labute approximate surface area is 226 Å². The van der Waals surface area contributed by atoms with Gasteiger partial charge in [-0.1, -0.05) is 29.3 Å². The number of aliphatic imine (C=N–C) groups is 1. The van der Waals surface area contributed by atoms with Crippen LogP contribution in [0.1, 0.15) is 58.1 Å². The molecule has 11 nitrogen and oxygen atoms in total. The van der Waals surface area contributed by atoms with E-state index in [0.29, 0.717) is 50.6 Å². The van der Waals surface area contributed by atoms with Crippen LogP contribution in [-0.2, 0) is 19.1 Å². The van der Waals surface area contributed by atoms with Crippen molar-refractivity contribution in [2.24, 2.45) is 16.5 Å². The SMILES string of the molecule is CC(C)(C)OC(=O)NC(C(=O)N1CCC[C@H]1C(=O)N[C@H](C=O)CCCN=C(N)N)c1ccc(Cl)c(Cl)c1. The molecule has 3 atom stereocenters. The van der Waals surface area contributed by atoms with E-state index in [1.165, 1.54) is 17.0 Å². The number of halogens is 2. The molecule has 1 aromatic carbocycles. The fourth-order valence-electron chi connectivity index (χ4n) is 3.85. The van der Waals surface area contributed by atoms with Crippen LogP contribution < -0.4 is 22.1 Å². The maximum absolute atomic E-state index is 13.7. The number of aldehydes is 1. The van der Waals surface area contributed by atoms with Gasteiger partial charge in [-0.25, -0.2) is 4.79 Å². The number of nitrogens with zero attached hydrogens (tertiary/aromatic N) is 2. The van der Waals surface area contributed by atoms with Gasteiger partial charge in [-0.3, -0.25) is 14.6 Å². The predicted molar refractivity (Wildman–Crippen MR) is 141 cm³/mol. The van der Waals surface area contributed by atoms with Gasteiger partial charge in [0.05, 0.1) is 16.1 Å². The molecule has 0 saturated carbocycles. The smallest absolute Gasteiger partial charge is 0.408 e. The Morgan fingerprint density at radius 1 is 1.22 bits per heavy atom. The molecule has 0 bridgehead atoms. The van der Waals surface area contributed by atoms with Crippen molar-refractivity contribution < 1.29 is 23.9 Å². The Morgan fingerprint density at radius 3 is 2.51 bits per heavy atom. The summed E-state index contributed by atoms with van der Waals surface area (Å²) in [6.07, 6.45) is 1.61. The molecule has 1 heterocycles. The lowest BCUT2D eigenvalue weighted by Gasteiger charge is -2.30. The molecular formula is C24H34Cl2N6O5. The number of nitrogens with one attached hydrogen (secondary N) is 2.